The van der Waals surface area contributed by atoms with Crippen molar-refractivity contribution in [1.29, 1.82) is 0 Å². The van der Waals surface area contributed by atoms with Gasteiger partial charge < -0.3 is 15.5 Å². The predicted octanol–water partition coefficient (Wildman–Crippen LogP) is 3.71. The molecular formula is C17H24Br2N4O. The number of hydrazine groups is 1. The minimum Gasteiger partial charge on any atom is -0.469 e. The number of allylic oxidation sites excluding steroid dienone is 1. The van der Waals surface area contributed by atoms with Crippen LogP contribution in [0.4, 0.5) is 0 Å². The van der Waals surface area contributed by atoms with Gasteiger partial charge in [-0.1, -0.05) is 28.1 Å². The fourth-order valence-electron chi connectivity index (χ4n) is 2.16. The van der Waals surface area contributed by atoms with Gasteiger partial charge in [0.1, 0.15) is 6.10 Å². The summed E-state index contributed by atoms with van der Waals surface area (Å²) in [5.41, 5.74) is 6.67. The fraction of sp³-hybridized carbons (Fsp3) is 0.471. The Balaban J connectivity index is 2.02. The number of halogens is 2. The third kappa shape index (κ3) is 6.55. The summed E-state index contributed by atoms with van der Waals surface area (Å²) in [6.07, 6.45) is 8.77. The van der Waals surface area contributed by atoms with Gasteiger partial charge >= 0.3 is 0 Å². The second kappa shape index (κ2) is 9.56. The Hall–Kier alpha value is -0.890. The summed E-state index contributed by atoms with van der Waals surface area (Å²) in [4.78, 5) is 4.27. The maximum absolute atomic E-state index is 6.11. The van der Waals surface area contributed by atoms with Crippen molar-refractivity contribution >= 4 is 31.9 Å². The van der Waals surface area contributed by atoms with Crippen molar-refractivity contribution in [3.8, 4) is 5.88 Å². The lowest BCUT2D eigenvalue weighted by Gasteiger charge is -2.21. The summed E-state index contributed by atoms with van der Waals surface area (Å²) in [6.45, 7) is 3.39. The van der Waals surface area contributed by atoms with Crippen molar-refractivity contribution in [2.45, 2.75) is 32.3 Å². The fourth-order valence-corrected chi connectivity index (χ4v) is 2.86. The molecule has 1 aromatic heterocycles. The van der Waals surface area contributed by atoms with Crippen molar-refractivity contribution in [3.05, 3.63) is 45.1 Å². The molecule has 0 radical (unpaired) electrons. The van der Waals surface area contributed by atoms with Crippen LogP contribution in [0.1, 0.15) is 26.2 Å². The van der Waals surface area contributed by atoms with Crippen LogP contribution in [0.3, 0.4) is 0 Å². The van der Waals surface area contributed by atoms with Gasteiger partial charge in [0.05, 0.1) is 0 Å². The number of nitrogens with zero attached hydrogens (tertiary/aromatic N) is 2. The molecule has 2 rings (SSSR count). The van der Waals surface area contributed by atoms with Gasteiger partial charge in [0, 0.05) is 46.4 Å². The Morgan fingerprint density at radius 1 is 1.46 bits per heavy atom. The molecule has 1 atom stereocenters. The zero-order chi connectivity index (χ0) is 17.5. The Kier molecular flexibility index (Phi) is 7.74. The molecule has 1 saturated carbocycles. The molecular weight excluding hydrogens is 436 g/mol. The Morgan fingerprint density at radius 3 is 2.79 bits per heavy atom. The smallest absolute Gasteiger partial charge is 0.213 e. The maximum atomic E-state index is 6.11. The number of hydrogen-bond acceptors (Lipinski definition) is 5. The molecule has 0 aromatic carbocycles. The van der Waals surface area contributed by atoms with Crippen molar-refractivity contribution in [2.24, 2.45) is 17.5 Å². The lowest BCUT2D eigenvalue weighted by atomic mass is 10.2. The van der Waals surface area contributed by atoms with Gasteiger partial charge in [-0.3, -0.25) is 0 Å². The second-order valence-electron chi connectivity index (χ2n) is 5.92. The average molecular weight is 460 g/mol. The van der Waals surface area contributed by atoms with Gasteiger partial charge in [-0.15, -0.1) is 0 Å². The first-order valence-corrected chi connectivity index (χ1v) is 9.61. The van der Waals surface area contributed by atoms with Crippen LogP contribution in [0.25, 0.3) is 0 Å². The Bertz CT molecular complexity index is 585. The number of pyridine rings is 1. The lowest BCUT2D eigenvalue weighted by Crippen LogP contribution is -2.31. The van der Waals surface area contributed by atoms with Crippen LogP contribution in [-0.4, -0.2) is 29.2 Å². The molecule has 1 aliphatic rings. The molecule has 132 valence electrons. The number of ether oxygens (including phenoxy) is 1. The van der Waals surface area contributed by atoms with E-state index in [1.54, 1.807) is 6.20 Å². The van der Waals surface area contributed by atoms with Gasteiger partial charge in [0.2, 0.25) is 5.88 Å². The van der Waals surface area contributed by atoms with Crippen LogP contribution in [0.5, 0.6) is 5.88 Å². The highest BCUT2D eigenvalue weighted by Gasteiger charge is 2.23. The zero-order valence-corrected chi connectivity index (χ0v) is 17.0. The van der Waals surface area contributed by atoms with E-state index in [1.807, 2.05) is 30.1 Å². The van der Waals surface area contributed by atoms with Crippen LogP contribution in [0, 0.1) is 5.92 Å². The van der Waals surface area contributed by atoms with E-state index in [0.717, 1.165) is 27.1 Å². The molecule has 1 unspecified atom stereocenters. The molecule has 1 aromatic rings. The molecule has 24 heavy (non-hydrogen) atoms. The number of nitrogens with two attached hydrogens (primary N) is 2. The zero-order valence-electron chi connectivity index (χ0n) is 13.8. The van der Waals surface area contributed by atoms with Crippen LogP contribution in [0.2, 0.25) is 0 Å². The summed E-state index contributed by atoms with van der Waals surface area (Å²) in [6, 6.07) is 3.73. The van der Waals surface area contributed by atoms with Crippen molar-refractivity contribution < 1.29 is 4.74 Å². The largest absolute Gasteiger partial charge is 0.469 e. The highest BCUT2D eigenvalue weighted by molar-refractivity contribution is 9.11. The Morgan fingerprint density at radius 2 is 2.21 bits per heavy atom. The van der Waals surface area contributed by atoms with E-state index in [1.165, 1.54) is 12.8 Å². The van der Waals surface area contributed by atoms with Gasteiger partial charge in [0.15, 0.2) is 0 Å². The number of rotatable bonds is 9. The SMILES string of the molecule is C/C(=C\CC(Oc1ccc(Br)cn1)/C(Br)=C/CN)N(N)CC1CC1. The van der Waals surface area contributed by atoms with E-state index in [4.69, 9.17) is 16.3 Å². The van der Waals surface area contributed by atoms with Gasteiger partial charge in [-0.25, -0.2) is 10.8 Å². The molecule has 7 heteroatoms. The van der Waals surface area contributed by atoms with Crippen molar-refractivity contribution in [3.63, 3.8) is 0 Å². The van der Waals surface area contributed by atoms with E-state index in [0.29, 0.717) is 18.8 Å². The standard InChI is InChI=1S/C17H24Br2N4O/c1-12(23(21)11-13-3-4-13)2-6-16(15(19)8-9-20)24-17-7-5-14(18)10-22-17/h2,5,7-8,10,13,16H,3-4,6,9,11,20-21H2,1H3/b12-2+,15-8-. The first kappa shape index (κ1) is 19.4. The van der Waals surface area contributed by atoms with E-state index in [9.17, 15) is 0 Å². The van der Waals surface area contributed by atoms with Gasteiger partial charge in [-0.2, -0.15) is 0 Å². The van der Waals surface area contributed by atoms with Crippen LogP contribution >= 0.6 is 31.9 Å². The summed E-state index contributed by atoms with van der Waals surface area (Å²) >= 11 is 6.93. The Labute approximate surface area is 160 Å². The van der Waals surface area contributed by atoms with E-state index in [2.05, 4.69) is 42.9 Å². The van der Waals surface area contributed by atoms with Crippen molar-refractivity contribution in [2.75, 3.05) is 13.1 Å². The van der Waals surface area contributed by atoms with Gasteiger partial charge in [-0.05, 0) is 47.7 Å². The number of aromatic nitrogens is 1. The van der Waals surface area contributed by atoms with E-state index >= 15 is 0 Å². The predicted molar refractivity (Wildman–Crippen MR) is 104 cm³/mol. The molecule has 1 fully saturated rings. The van der Waals surface area contributed by atoms with Crippen LogP contribution in [-0.2, 0) is 0 Å². The van der Waals surface area contributed by atoms with Crippen LogP contribution in [0.15, 0.2) is 45.1 Å². The summed E-state index contributed by atoms with van der Waals surface area (Å²) in [7, 11) is 0. The molecule has 1 aliphatic carbocycles. The highest BCUT2D eigenvalue weighted by Crippen LogP contribution is 2.30. The van der Waals surface area contributed by atoms with Gasteiger partial charge in [0.25, 0.3) is 0 Å². The topological polar surface area (TPSA) is 77.4 Å². The third-order valence-electron chi connectivity index (χ3n) is 3.82. The first-order valence-electron chi connectivity index (χ1n) is 8.02. The molecule has 0 amide bonds. The molecule has 4 N–H and O–H groups in total. The maximum Gasteiger partial charge on any atom is 0.213 e. The molecule has 0 spiro atoms. The molecule has 5 nitrogen and oxygen atoms in total. The first-order chi connectivity index (χ1) is 11.5. The monoisotopic (exact) mass is 458 g/mol. The van der Waals surface area contributed by atoms with E-state index in [-0.39, 0.29) is 6.10 Å². The number of hydrogen-bond donors (Lipinski definition) is 2. The minimum atomic E-state index is -0.188. The van der Waals surface area contributed by atoms with Crippen molar-refractivity contribution in [1.82, 2.24) is 9.99 Å². The van der Waals surface area contributed by atoms with Crippen LogP contribution < -0.4 is 16.3 Å². The summed E-state index contributed by atoms with van der Waals surface area (Å²) in [5.74, 6) is 7.43. The highest BCUT2D eigenvalue weighted by atomic mass is 79.9. The quantitative estimate of drug-likeness (QED) is 0.434. The molecule has 0 bridgehead atoms. The molecule has 0 aliphatic heterocycles. The summed E-state index contributed by atoms with van der Waals surface area (Å²) < 4.78 is 7.82. The minimum absolute atomic E-state index is 0.188. The molecule has 1 heterocycles. The normalized spacial score (nSPS) is 16.9. The third-order valence-corrected chi connectivity index (χ3v) is 5.12. The second-order valence-corrected chi connectivity index (χ2v) is 7.75. The summed E-state index contributed by atoms with van der Waals surface area (Å²) in [5, 5.41) is 1.83. The van der Waals surface area contributed by atoms with E-state index < -0.39 is 0 Å². The lowest BCUT2D eigenvalue weighted by molar-refractivity contribution is 0.238. The average Bonchev–Trinajstić information content (AvgIpc) is 3.37. The molecule has 0 saturated heterocycles.